The van der Waals surface area contributed by atoms with Gasteiger partial charge in [0.05, 0.1) is 0 Å². The number of aryl methyl sites for hydroxylation is 1. The van der Waals surface area contributed by atoms with E-state index in [1.54, 1.807) is 6.92 Å². The first-order chi connectivity index (χ1) is 6.89. The molecule has 0 saturated heterocycles. The molecule has 5 nitrogen and oxygen atoms in total. The molecule has 0 aromatic carbocycles. The maximum absolute atomic E-state index is 11.9. The minimum absolute atomic E-state index is 0.0665. The molecule has 0 spiro atoms. The summed E-state index contributed by atoms with van der Waals surface area (Å²) in [5.74, 6) is 0. The van der Waals surface area contributed by atoms with Gasteiger partial charge in [0.2, 0.25) is 0 Å². The van der Waals surface area contributed by atoms with Crippen molar-refractivity contribution in [3.05, 3.63) is 28.0 Å². The van der Waals surface area contributed by atoms with Crippen molar-refractivity contribution in [2.75, 3.05) is 13.6 Å². The standard InChI is InChI=1S/C8H12N2O3S2/c1-4-5-10(3)15(12,13)7-6(2)9-8(11)14-7/h4H,1,5H2,2-3H3,(H,9,11). The maximum atomic E-state index is 11.9. The first-order valence-electron chi connectivity index (χ1n) is 4.16. The summed E-state index contributed by atoms with van der Waals surface area (Å²) in [6.45, 7) is 5.24. The van der Waals surface area contributed by atoms with Crippen molar-refractivity contribution in [2.45, 2.75) is 11.1 Å². The third-order valence-corrected chi connectivity index (χ3v) is 5.22. The Morgan fingerprint density at radius 2 is 2.20 bits per heavy atom. The molecule has 84 valence electrons. The molecule has 0 radical (unpaired) electrons. The molecule has 0 bridgehead atoms. The molecule has 0 aliphatic heterocycles. The second-order valence-corrected chi connectivity index (χ2v) is 6.22. The average molecular weight is 248 g/mol. The van der Waals surface area contributed by atoms with E-state index < -0.39 is 10.0 Å². The second-order valence-electron chi connectivity index (χ2n) is 3.00. The highest BCUT2D eigenvalue weighted by Gasteiger charge is 2.24. The minimum atomic E-state index is -3.56. The number of sulfonamides is 1. The number of H-pyrrole nitrogens is 1. The number of rotatable bonds is 4. The second kappa shape index (κ2) is 4.30. The van der Waals surface area contributed by atoms with Crippen LogP contribution in [-0.4, -0.2) is 31.3 Å². The van der Waals surface area contributed by atoms with Gasteiger partial charge in [-0.1, -0.05) is 17.4 Å². The predicted octanol–water partition coefficient (Wildman–Crippen LogP) is 0.551. The molecular formula is C8H12N2O3S2. The molecule has 1 rings (SSSR count). The van der Waals surface area contributed by atoms with Crippen molar-refractivity contribution in [3.63, 3.8) is 0 Å². The summed E-state index contributed by atoms with van der Waals surface area (Å²) in [7, 11) is -2.12. The van der Waals surface area contributed by atoms with Crippen LogP contribution in [0.25, 0.3) is 0 Å². The van der Waals surface area contributed by atoms with Crippen LogP contribution in [0, 0.1) is 6.92 Å². The number of aromatic nitrogens is 1. The molecule has 15 heavy (non-hydrogen) atoms. The Labute approximate surface area is 92.1 Å². The Morgan fingerprint density at radius 3 is 2.60 bits per heavy atom. The summed E-state index contributed by atoms with van der Waals surface area (Å²) in [4.78, 5) is 13.1. The molecule has 0 unspecified atom stereocenters. The molecule has 7 heteroatoms. The molecule has 0 saturated carbocycles. The Hall–Kier alpha value is -0.920. The number of aromatic amines is 1. The van der Waals surface area contributed by atoms with Gasteiger partial charge in [-0.05, 0) is 6.92 Å². The van der Waals surface area contributed by atoms with Crippen LogP contribution in [-0.2, 0) is 10.0 Å². The molecule has 1 aromatic heterocycles. The van der Waals surface area contributed by atoms with E-state index >= 15 is 0 Å². The van der Waals surface area contributed by atoms with Gasteiger partial charge in [-0.25, -0.2) is 8.42 Å². The SMILES string of the molecule is C=CCN(C)S(=O)(=O)c1sc(=O)[nH]c1C. The summed E-state index contributed by atoms with van der Waals surface area (Å²) >= 11 is 0.700. The third-order valence-electron chi connectivity index (χ3n) is 1.81. The quantitative estimate of drug-likeness (QED) is 0.791. The number of nitrogens with one attached hydrogen (secondary N) is 1. The van der Waals surface area contributed by atoms with E-state index in [0.29, 0.717) is 17.0 Å². The summed E-state index contributed by atoms with van der Waals surface area (Å²) in [5.41, 5.74) is 0.376. The fraction of sp³-hybridized carbons (Fsp3) is 0.375. The van der Waals surface area contributed by atoms with Gasteiger partial charge in [-0.3, -0.25) is 4.79 Å². The van der Waals surface area contributed by atoms with Gasteiger partial charge in [0.1, 0.15) is 0 Å². The third kappa shape index (κ3) is 2.36. The van der Waals surface area contributed by atoms with Gasteiger partial charge in [0, 0.05) is 19.3 Å². The van der Waals surface area contributed by atoms with Gasteiger partial charge >= 0.3 is 4.87 Å². The van der Waals surface area contributed by atoms with E-state index in [4.69, 9.17) is 0 Å². The van der Waals surface area contributed by atoms with E-state index in [1.807, 2.05) is 0 Å². The topological polar surface area (TPSA) is 70.2 Å². The molecule has 0 atom stereocenters. The largest absolute Gasteiger partial charge is 0.315 e. The Bertz CT molecular complexity index is 512. The fourth-order valence-corrected chi connectivity index (χ4v) is 3.69. The summed E-state index contributed by atoms with van der Waals surface area (Å²) < 4.78 is 25.0. The molecule has 1 heterocycles. The average Bonchev–Trinajstić information content (AvgIpc) is 2.46. The highest BCUT2D eigenvalue weighted by molar-refractivity contribution is 7.91. The van der Waals surface area contributed by atoms with E-state index in [0.717, 1.165) is 4.31 Å². The smallest absolute Gasteiger partial charge is 0.305 e. The number of likely N-dealkylation sites (N-methyl/N-ethyl adjacent to an activating group) is 1. The summed E-state index contributed by atoms with van der Waals surface area (Å²) in [6, 6.07) is 0. The Morgan fingerprint density at radius 1 is 1.60 bits per heavy atom. The lowest BCUT2D eigenvalue weighted by Crippen LogP contribution is -2.26. The first-order valence-corrected chi connectivity index (χ1v) is 6.42. The van der Waals surface area contributed by atoms with Crippen molar-refractivity contribution in [2.24, 2.45) is 0 Å². The molecule has 0 amide bonds. The van der Waals surface area contributed by atoms with E-state index in [1.165, 1.54) is 13.1 Å². The van der Waals surface area contributed by atoms with Crippen molar-refractivity contribution in [3.8, 4) is 0 Å². The lowest BCUT2D eigenvalue weighted by molar-refractivity contribution is 0.501. The zero-order valence-electron chi connectivity index (χ0n) is 8.48. The van der Waals surface area contributed by atoms with Gasteiger partial charge < -0.3 is 4.98 Å². The number of thiazole rings is 1. The molecule has 1 aromatic rings. The van der Waals surface area contributed by atoms with Gasteiger partial charge in [-0.15, -0.1) is 6.58 Å². The van der Waals surface area contributed by atoms with Gasteiger partial charge in [0.15, 0.2) is 4.21 Å². The van der Waals surface area contributed by atoms with Crippen LogP contribution < -0.4 is 4.87 Å². The molecule has 0 aliphatic rings. The first kappa shape index (κ1) is 12.2. The number of hydrogen-bond donors (Lipinski definition) is 1. The van der Waals surface area contributed by atoms with Crippen LogP contribution in [0.3, 0.4) is 0 Å². The van der Waals surface area contributed by atoms with Crippen LogP contribution in [0.5, 0.6) is 0 Å². The van der Waals surface area contributed by atoms with E-state index in [2.05, 4.69) is 11.6 Å². The zero-order valence-corrected chi connectivity index (χ0v) is 10.1. The zero-order chi connectivity index (χ0) is 11.6. The van der Waals surface area contributed by atoms with Crippen LogP contribution in [0.15, 0.2) is 21.7 Å². The highest BCUT2D eigenvalue weighted by atomic mass is 32.2. The molecule has 1 N–H and O–H groups in total. The predicted molar refractivity (Wildman–Crippen MR) is 59.7 cm³/mol. The lowest BCUT2D eigenvalue weighted by atomic mass is 10.6. The van der Waals surface area contributed by atoms with E-state index in [-0.39, 0.29) is 15.6 Å². The van der Waals surface area contributed by atoms with Crippen molar-refractivity contribution >= 4 is 21.4 Å². The minimum Gasteiger partial charge on any atom is -0.315 e. The molecular weight excluding hydrogens is 236 g/mol. The van der Waals surface area contributed by atoms with Crippen molar-refractivity contribution in [1.29, 1.82) is 0 Å². The number of nitrogens with zero attached hydrogens (tertiary/aromatic N) is 1. The van der Waals surface area contributed by atoms with Crippen LogP contribution >= 0.6 is 11.3 Å². The monoisotopic (exact) mass is 248 g/mol. The summed E-state index contributed by atoms with van der Waals surface area (Å²) in [5, 5.41) is 0. The van der Waals surface area contributed by atoms with E-state index in [9.17, 15) is 13.2 Å². The maximum Gasteiger partial charge on any atom is 0.305 e. The van der Waals surface area contributed by atoms with Crippen LogP contribution in [0.1, 0.15) is 5.69 Å². The Kier molecular flexibility index (Phi) is 3.48. The molecule has 0 aliphatic carbocycles. The van der Waals surface area contributed by atoms with Crippen LogP contribution in [0.4, 0.5) is 0 Å². The number of hydrogen-bond acceptors (Lipinski definition) is 4. The van der Waals surface area contributed by atoms with Crippen molar-refractivity contribution < 1.29 is 8.42 Å². The summed E-state index contributed by atoms with van der Waals surface area (Å²) in [6.07, 6.45) is 1.49. The fourth-order valence-electron chi connectivity index (χ4n) is 1.06. The van der Waals surface area contributed by atoms with Crippen molar-refractivity contribution in [1.82, 2.24) is 9.29 Å². The highest BCUT2D eigenvalue weighted by Crippen LogP contribution is 2.19. The Balaban J connectivity index is 3.22. The van der Waals surface area contributed by atoms with Gasteiger partial charge in [-0.2, -0.15) is 4.31 Å². The lowest BCUT2D eigenvalue weighted by Gasteiger charge is -2.13. The van der Waals surface area contributed by atoms with Gasteiger partial charge in [0.25, 0.3) is 10.0 Å². The normalized spacial score (nSPS) is 11.9. The molecule has 0 fully saturated rings. The van der Waals surface area contributed by atoms with Crippen LogP contribution in [0.2, 0.25) is 0 Å².